The van der Waals surface area contributed by atoms with Crippen molar-refractivity contribution in [1.29, 1.82) is 0 Å². The predicted octanol–water partition coefficient (Wildman–Crippen LogP) is 0.0254. The van der Waals surface area contributed by atoms with E-state index in [0.717, 1.165) is 0 Å². The zero-order chi connectivity index (χ0) is 26.9. The maximum absolute atomic E-state index is 11.0. The first-order chi connectivity index (χ1) is 17.1. The van der Waals surface area contributed by atoms with E-state index in [-0.39, 0.29) is 17.4 Å². The molecule has 0 radical (unpaired) electrons. The molecular formula is C27H21CrO9-. The van der Waals surface area contributed by atoms with Crippen molar-refractivity contribution < 1.29 is 61.4 Å². The van der Waals surface area contributed by atoms with Crippen LogP contribution in [0.4, 0.5) is 0 Å². The first-order valence-electron chi connectivity index (χ1n) is 10.4. The molecule has 9 nitrogen and oxygen atoms in total. The average Bonchev–Trinajstić information content (AvgIpc) is 2.85. The molecular weight excluding hydrogens is 520 g/mol. The van der Waals surface area contributed by atoms with E-state index in [1.807, 2.05) is 0 Å². The van der Waals surface area contributed by atoms with Gasteiger partial charge in [-0.05, 0) is 0 Å². The minimum absolute atomic E-state index is 0. The quantitative estimate of drug-likeness (QED) is 0.268. The summed E-state index contributed by atoms with van der Waals surface area (Å²) < 4.78 is 0. The smallest absolute Gasteiger partial charge is 0.550 e. The van der Waals surface area contributed by atoms with Gasteiger partial charge in [0.15, 0.2) is 17.3 Å². The van der Waals surface area contributed by atoms with Gasteiger partial charge in [-0.3, -0.25) is 14.4 Å². The van der Waals surface area contributed by atoms with Gasteiger partial charge in [-0.25, -0.2) is 0 Å². The van der Waals surface area contributed by atoms with Crippen LogP contribution < -0.4 is 15.3 Å². The second kappa shape index (κ2) is 18.0. The van der Waals surface area contributed by atoms with Crippen LogP contribution in [-0.4, -0.2) is 35.3 Å². The summed E-state index contributed by atoms with van der Waals surface area (Å²) in [6, 6.07) is 24.8. The van der Waals surface area contributed by atoms with E-state index in [9.17, 15) is 44.1 Å². The fourth-order valence-electron chi connectivity index (χ4n) is 2.57. The number of hydrogen-bond acceptors (Lipinski definition) is 9. The van der Waals surface area contributed by atoms with Crippen LogP contribution in [0.3, 0.4) is 0 Å². The molecule has 0 saturated heterocycles. The van der Waals surface area contributed by atoms with Gasteiger partial charge >= 0.3 is 17.4 Å². The Labute approximate surface area is 223 Å². The number of hydrogen-bond donors (Lipinski definition) is 0. The fraction of sp³-hybridized carbons (Fsp3) is 0.111. The van der Waals surface area contributed by atoms with Crippen LogP contribution in [0.2, 0.25) is 0 Å². The van der Waals surface area contributed by atoms with E-state index in [0.29, 0.717) is 16.7 Å². The Hall–Kier alpha value is -4.39. The normalized spacial score (nSPS) is 9.08. The van der Waals surface area contributed by atoms with E-state index in [1.54, 1.807) is 91.0 Å². The SMILES string of the molecule is O=C([O-])CC(=O)c1ccccc1.O=C([O-])CC(=O)c1ccccc1.O=C([O-])CC(=O)c1ccccc1.[Cr+2]. The first-order valence-corrected chi connectivity index (χ1v) is 10.4. The summed E-state index contributed by atoms with van der Waals surface area (Å²) in [6.07, 6.45) is -1.65. The molecule has 0 fully saturated rings. The topological polar surface area (TPSA) is 172 Å². The molecule has 0 bridgehead atoms. The zero-order valence-corrected chi connectivity index (χ0v) is 20.6. The summed E-state index contributed by atoms with van der Waals surface area (Å²) in [5, 5.41) is 30.2. The van der Waals surface area contributed by atoms with Gasteiger partial charge in [-0.2, -0.15) is 0 Å². The van der Waals surface area contributed by atoms with Crippen LogP contribution in [-0.2, 0) is 31.7 Å². The monoisotopic (exact) mass is 541 g/mol. The second-order valence-electron chi connectivity index (χ2n) is 7.01. The Balaban J connectivity index is 0.000000518. The van der Waals surface area contributed by atoms with Crippen LogP contribution >= 0.6 is 0 Å². The molecule has 3 rings (SSSR count). The van der Waals surface area contributed by atoms with Crippen molar-refractivity contribution in [3.63, 3.8) is 0 Å². The Kier molecular flexibility index (Phi) is 15.8. The van der Waals surface area contributed by atoms with Crippen molar-refractivity contribution in [3.8, 4) is 0 Å². The van der Waals surface area contributed by atoms with Gasteiger partial charge in [-0.15, -0.1) is 0 Å². The number of ketones is 3. The zero-order valence-electron chi connectivity index (χ0n) is 19.4. The van der Waals surface area contributed by atoms with Crippen LogP contribution in [0.1, 0.15) is 50.3 Å². The standard InChI is InChI=1S/3C9H8O3.Cr/c3*10-8(6-9(11)12)7-4-2-1-3-5-7;/h3*1-5H,6H2,(H,11,12);/q;;;+2/p-3. The number of carbonyl (C=O) groups is 6. The molecule has 0 heterocycles. The summed E-state index contributed by atoms with van der Waals surface area (Å²) in [5.41, 5.74) is 1.21. The van der Waals surface area contributed by atoms with Crippen molar-refractivity contribution >= 4 is 35.3 Å². The van der Waals surface area contributed by atoms with Crippen molar-refractivity contribution in [2.24, 2.45) is 0 Å². The first kappa shape index (κ1) is 32.6. The van der Waals surface area contributed by atoms with Gasteiger partial charge in [0.1, 0.15) is 0 Å². The van der Waals surface area contributed by atoms with Crippen LogP contribution in [0.5, 0.6) is 0 Å². The number of carboxylic acid groups (broad SMARTS) is 3. The number of benzene rings is 3. The fourth-order valence-corrected chi connectivity index (χ4v) is 2.57. The minimum atomic E-state index is -1.34. The van der Waals surface area contributed by atoms with Gasteiger partial charge in [0.2, 0.25) is 0 Å². The molecule has 3 aromatic carbocycles. The molecule has 0 spiro atoms. The van der Waals surface area contributed by atoms with Crippen molar-refractivity contribution in [1.82, 2.24) is 0 Å². The number of carbonyl (C=O) groups excluding carboxylic acids is 6. The van der Waals surface area contributed by atoms with Gasteiger partial charge in [0.05, 0.1) is 19.3 Å². The van der Waals surface area contributed by atoms with Crippen LogP contribution in [0.15, 0.2) is 91.0 Å². The molecule has 0 atom stereocenters. The Morgan fingerprint density at radius 3 is 0.757 bits per heavy atom. The van der Waals surface area contributed by atoms with E-state index < -0.39 is 54.5 Å². The third-order valence-electron chi connectivity index (χ3n) is 4.20. The van der Waals surface area contributed by atoms with Gasteiger partial charge in [-0.1, -0.05) is 91.0 Å². The summed E-state index contributed by atoms with van der Waals surface area (Å²) in [6.45, 7) is 0. The van der Waals surface area contributed by atoms with Gasteiger partial charge in [0, 0.05) is 34.6 Å². The molecule has 10 heteroatoms. The number of aliphatic carboxylic acids is 3. The number of rotatable bonds is 9. The van der Waals surface area contributed by atoms with E-state index >= 15 is 0 Å². The van der Waals surface area contributed by atoms with E-state index in [2.05, 4.69) is 0 Å². The molecule has 0 saturated carbocycles. The van der Waals surface area contributed by atoms with Crippen molar-refractivity contribution in [2.45, 2.75) is 19.3 Å². The second-order valence-corrected chi connectivity index (χ2v) is 7.01. The third-order valence-corrected chi connectivity index (χ3v) is 4.20. The predicted molar refractivity (Wildman–Crippen MR) is 121 cm³/mol. The molecule has 3 aromatic rings. The molecule has 0 unspecified atom stereocenters. The Morgan fingerprint density at radius 2 is 0.595 bits per heavy atom. The summed E-state index contributed by atoms with van der Waals surface area (Å²) >= 11 is 0. The Bertz CT molecular complexity index is 1030. The van der Waals surface area contributed by atoms with Gasteiger partial charge < -0.3 is 29.7 Å². The summed E-state index contributed by atoms with van der Waals surface area (Å²) in [7, 11) is 0. The average molecular weight is 541 g/mol. The third kappa shape index (κ3) is 14.6. The van der Waals surface area contributed by atoms with Gasteiger partial charge in [0.25, 0.3) is 0 Å². The maximum atomic E-state index is 11.0. The molecule has 0 N–H and O–H groups in total. The molecule has 0 aliphatic heterocycles. The Morgan fingerprint density at radius 1 is 0.405 bits per heavy atom. The van der Waals surface area contributed by atoms with E-state index in [1.165, 1.54) is 0 Å². The molecule has 0 aromatic heterocycles. The largest absolute Gasteiger partial charge is 2.00 e. The molecule has 190 valence electrons. The minimum Gasteiger partial charge on any atom is -0.550 e. The van der Waals surface area contributed by atoms with Crippen molar-refractivity contribution in [3.05, 3.63) is 108 Å². The molecule has 0 aliphatic rings. The molecule has 0 aliphatic carbocycles. The number of Topliss-reactive ketones (excluding diaryl/α,β-unsaturated/α-hetero) is 3. The van der Waals surface area contributed by atoms with Crippen molar-refractivity contribution in [2.75, 3.05) is 0 Å². The number of carboxylic acids is 3. The van der Waals surface area contributed by atoms with Crippen LogP contribution in [0, 0.1) is 0 Å². The molecule has 37 heavy (non-hydrogen) atoms. The summed E-state index contributed by atoms with van der Waals surface area (Å²) in [5.74, 6) is -5.29. The van der Waals surface area contributed by atoms with E-state index in [4.69, 9.17) is 0 Å². The van der Waals surface area contributed by atoms with Crippen LogP contribution in [0.25, 0.3) is 0 Å². The summed E-state index contributed by atoms with van der Waals surface area (Å²) in [4.78, 5) is 63.3. The molecule has 0 amide bonds. The maximum Gasteiger partial charge on any atom is 2.00 e.